The lowest BCUT2D eigenvalue weighted by Gasteiger charge is -2.18. The summed E-state index contributed by atoms with van der Waals surface area (Å²) in [4.78, 5) is 2.21. The van der Waals surface area contributed by atoms with Crippen molar-refractivity contribution in [2.75, 3.05) is 13.1 Å². The Labute approximate surface area is 141 Å². The average Bonchev–Trinajstić information content (AvgIpc) is 3.18. The summed E-state index contributed by atoms with van der Waals surface area (Å²) in [5, 5.41) is 14.4. The van der Waals surface area contributed by atoms with Crippen molar-refractivity contribution >= 4 is 0 Å². The first-order valence-electron chi connectivity index (χ1n) is 8.47. The fourth-order valence-electron chi connectivity index (χ4n) is 3.07. The molecule has 2 heterocycles. The molecule has 1 saturated carbocycles. The van der Waals surface area contributed by atoms with E-state index in [-0.39, 0.29) is 6.10 Å². The van der Waals surface area contributed by atoms with Crippen molar-refractivity contribution in [1.82, 2.24) is 14.7 Å². The van der Waals surface area contributed by atoms with Gasteiger partial charge in [0.1, 0.15) is 18.0 Å². The Morgan fingerprint density at radius 3 is 2.79 bits per heavy atom. The standard InChI is InChI=1S/C18H23N3O3/c1-20-10-15(8-19-20)24-18-12-21(11-16(18)22)9-13-4-2-3-5-17(13)23-14-6-7-14/h2-5,8,10,14,16,18,22H,6-7,9,11-12H2,1H3/t16-,18-/m1/s1. The third kappa shape index (κ3) is 3.55. The first-order chi connectivity index (χ1) is 11.7. The van der Waals surface area contributed by atoms with Gasteiger partial charge in [-0.05, 0) is 18.9 Å². The van der Waals surface area contributed by atoms with Crippen LogP contribution < -0.4 is 9.47 Å². The number of aromatic nitrogens is 2. The van der Waals surface area contributed by atoms with E-state index in [1.54, 1.807) is 10.9 Å². The van der Waals surface area contributed by atoms with Gasteiger partial charge in [0, 0.05) is 32.2 Å². The number of aryl methyl sites for hydroxylation is 1. The first-order valence-corrected chi connectivity index (χ1v) is 8.47. The van der Waals surface area contributed by atoms with Crippen LogP contribution in [0.3, 0.4) is 0 Å². The molecule has 0 unspecified atom stereocenters. The summed E-state index contributed by atoms with van der Waals surface area (Å²) in [6.45, 7) is 2.05. The molecule has 1 saturated heterocycles. The summed E-state index contributed by atoms with van der Waals surface area (Å²) in [6.07, 6.45) is 5.45. The van der Waals surface area contributed by atoms with Crippen LogP contribution in [-0.4, -0.2) is 51.2 Å². The van der Waals surface area contributed by atoms with Gasteiger partial charge < -0.3 is 14.6 Å². The average molecular weight is 329 g/mol. The molecule has 2 fully saturated rings. The minimum absolute atomic E-state index is 0.231. The molecule has 4 rings (SSSR count). The summed E-state index contributed by atoms with van der Waals surface area (Å²) in [7, 11) is 1.85. The number of hydrogen-bond acceptors (Lipinski definition) is 5. The van der Waals surface area contributed by atoms with Crippen molar-refractivity contribution in [3.8, 4) is 11.5 Å². The lowest BCUT2D eigenvalue weighted by atomic mass is 10.2. The highest BCUT2D eigenvalue weighted by Crippen LogP contribution is 2.30. The maximum absolute atomic E-state index is 10.3. The molecule has 1 aliphatic carbocycles. The van der Waals surface area contributed by atoms with Gasteiger partial charge >= 0.3 is 0 Å². The molecule has 0 bridgehead atoms. The van der Waals surface area contributed by atoms with Crippen molar-refractivity contribution in [1.29, 1.82) is 0 Å². The molecule has 1 N–H and O–H groups in total. The lowest BCUT2D eigenvalue weighted by Crippen LogP contribution is -2.29. The second-order valence-electron chi connectivity index (χ2n) is 6.69. The van der Waals surface area contributed by atoms with Crippen molar-refractivity contribution in [2.24, 2.45) is 7.05 Å². The Morgan fingerprint density at radius 1 is 1.21 bits per heavy atom. The lowest BCUT2D eigenvalue weighted by molar-refractivity contribution is 0.0736. The Bertz CT molecular complexity index is 698. The molecule has 1 aliphatic heterocycles. The second-order valence-corrected chi connectivity index (χ2v) is 6.69. The zero-order chi connectivity index (χ0) is 16.5. The minimum Gasteiger partial charge on any atom is -0.490 e. The Morgan fingerprint density at radius 2 is 2.04 bits per heavy atom. The van der Waals surface area contributed by atoms with Crippen LogP contribution in [0.2, 0.25) is 0 Å². The second kappa shape index (κ2) is 6.45. The molecular formula is C18H23N3O3. The van der Waals surface area contributed by atoms with Crippen LogP contribution >= 0.6 is 0 Å². The van der Waals surface area contributed by atoms with Crippen molar-refractivity contribution in [3.05, 3.63) is 42.2 Å². The Kier molecular flexibility index (Phi) is 4.16. The van der Waals surface area contributed by atoms with Gasteiger partial charge in [-0.3, -0.25) is 9.58 Å². The van der Waals surface area contributed by atoms with Gasteiger partial charge in [-0.1, -0.05) is 18.2 Å². The van der Waals surface area contributed by atoms with E-state index < -0.39 is 6.10 Å². The van der Waals surface area contributed by atoms with Crippen LogP contribution in [-0.2, 0) is 13.6 Å². The first kappa shape index (κ1) is 15.5. The number of aliphatic hydroxyl groups excluding tert-OH is 1. The monoisotopic (exact) mass is 329 g/mol. The quantitative estimate of drug-likeness (QED) is 0.872. The van der Waals surface area contributed by atoms with E-state index in [0.29, 0.717) is 24.9 Å². The van der Waals surface area contributed by atoms with E-state index >= 15 is 0 Å². The molecule has 6 nitrogen and oxygen atoms in total. The summed E-state index contributed by atoms with van der Waals surface area (Å²) in [5.74, 6) is 1.66. The van der Waals surface area contributed by atoms with Crippen LogP contribution in [0, 0.1) is 0 Å². The van der Waals surface area contributed by atoms with Gasteiger partial charge in [-0.2, -0.15) is 5.10 Å². The van der Waals surface area contributed by atoms with Crippen LogP contribution in [0.4, 0.5) is 0 Å². The van der Waals surface area contributed by atoms with Gasteiger partial charge in [-0.25, -0.2) is 0 Å². The van der Waals surface area contributed by atoms with Gasteiger partial charge in [0.25, 0.3) is 0 Å². The molecule has 2 aliphatic rings. The fraction of sp³-hybridized carbons (Fsp3) is 0.500. The van der Waals surface area contributed by atoms with Gasteiger partial charge in [0.05, 0.1) is 18.5 Å². The molecule has 0 radical (unpaired) electrons. The number of nitrogens with zero attached hydrogens (tertiary/aromatic N) is 3. The van der Waals surface area contributed by atoms with E-state index in [1.807, 2.05) is 31.4 Å². The molecule has 24 heavy (non-hydrogen) atoms. The zero-order valence-corrected chi connectivity index (χ0v) is 13.8. The maximum Gasteiger partial charge on any atom is 0.157 e. The Hall–Kier alpha value is -2.05. The van der Waals surface area contributed by atoms with Gasteiger partial charge in [-0.15, -0.1) is 0 Å². The summed E-state index contributed by atoms with van der Waals surface area (Å²) in [5.41, 5.74) is 1.17. The van der Waals surface area contributed by atoms with E-state index in [4.69, 9.17) is 9.47 Å². The zero-order valence-electron chi connectivity index (χ0n) is 13.8. The molecule has 6 heteroatoms. The van der Waals surface area contributed by atoms with Crippen LogP contribution in [0.15, 0.2) is 36.7 Å². The van der Waals surface area contributed by atoms with Crippen LogP contribution in [0.25, 0.3) is 0 Å². The van der Waals surface area contributed by atoms with Gasteiger partial charge in [0.15, 0.2) is 5.75 Å². The molecule has 0 amide bonds. The number of aliphatic hydroxyl groups is 1. The minimum atomic E-state index is -0.498. The molecule has 2 atom stereocenters. The van der Waals surface area contributed by atoms with E-state index in [2.05, 4.69) is 16.1 Å². The number of hydrogen-bond donors (Lipinski definition) is 1. The summed E-state index contributed by atoms with van der Waals surface area (Å²) < 4.78 is 13.6. The van der Waals surface area contributed by atoms with E-state index in [9.17, 15) is 5.11 Å². The number of rotatable bonds is 6. The number of likely N-dealkylation sites (tertiary alicyclic amines) is 1. The number of ether oxygens (including phenoxy) is 2. The fourth-order valence-corrected chi connectivity index (χ4v) is 3.07. The molecule has 1 aromatic carbocycles. The highest BCUT2D eigenvalue weighted by atomic mass is 16.5. The predicted molar refractivity (Wildman–Crippen MR) is 89.0 cm³/mol. The normalized spacial score (nSPS) is 24.2. The highest BCUT2D eigenvalue weighted by Gasteiger charge is 2.34. The maximum atomic E-state index is 10.3. The molecule has 0 spiro atoms. The highest BCUT2D eigenvalue weighted by molar-refractivity contribution is 5.34. The molecular weight excluding hydrogens is 306 g/mol. The predicted octanol–water partition coefficient (Wildman–Crippen LogP) is 1.59. The SMILES string of the molecule is Cn1cc(O[C@@H]2CN(Cc3ccccc3OC3CC3)C[C@H]2O)cn1. The van der Waals surface area contributed by atoms with Crippen molar-refractivity contribution in [3.63, 3.8) is 0 Å². The van der Waals surface area contributed by atoms with E-state index in [1.165, 1.54) is 5.56 Å². The molecule has 128 valence electrons. The number of benzene rings is 1. The van der Waals surface area contributed by atoms with Crippen LogP contribution in [0.1, 0.15) is 18.4 Å². The summed E-state index contributed by atoms with van der Waals surface area (Å²) >= 11 is 0. The third-order valence-corrected chi connectivity index (χ3v) is 4.47. The third-order valence-electron chi connectivity index (χ3n) is 4.47. The van der Waals surface area contributed by atoms with Crippen LogP contribution in [0.5, 0.6) is 11.5 Å². The van der Waals surface area contributed by atoms with Crippen molar-refractivity contribution in [2.45, 2.75) is 37.7 Å². The van der Waals surface area contributed by atoms with Crippen molar-refractivity contribution < 1.29 is 14.6 Å². The summed E-state index contributed by atoms with van der Waals surface area (Å²) in [6, 6.07) is 8.17. The van der Waals surface area contributed by atoms with Gasteiger partial charge in [0.2, 0.25) is 0 Å². The molecule has 1 aromatic heterocycles. The smallest absolute Gasteiger partial charge is 0.157 e. The number of β-amino-alcohol motifs (C(OH)–C–C–N with tert-alkyl or cyclic N) is 1. The molecule has 2 aromatic rings. The largest absolute Gasteiger partial charge is 0.490 e. The topological polar surface area (TPSA) is 59.8 Å². The Balaban J connectivity index is 1.39. The van der Waals surface area contributed by atoms with E-state index in [0.717, 1.165) is 25.1 Å². The number of para-hydroxylation sites is 1.